The first-order valence-electron chi connectivity index (χ1n) is 12.7. The highest BCUT2D eigenvalue weighted by Gasteiger charge is 2.17. The summed E-state index contributed by atoms with van der Waals surface area (Å²) in [5.41, 5.74) is 12.4. The molecule has 0 spiro atoms. The fourth-order valence-corrected chi connectivity index (χ4v) is 5.34. The Balaban J connectivity index is 1.44. The number of rotatable bonds is 5. The Morgan fingerprint density at radius 3 is 2.17 bits per heavy atom. The highest BCUT2D eigenvalue weighted by molar-refractivity contribution is 5.91. The molecule has 0 aromatic heterocycles. The molecule has 0 heterocycles. The van der Waals surface area contributed by atoms with Gasteiger partial charge in [0.15, 0.2) is 0 Å². The maximum Gasteiger partial charge on any atom is 0.0464 e. The van der Waals surface area contributed by atoms with Crippen LogP contribution in [0.1, 0.15) is 34.6 Å². The Labute approximate surface area is 213 Å². The van der Waals surface area contributed by atoms with Gasteiger partial charge in [0.1, 0.15) is 0 Å². The standard InChI is InChI=1S/C35H29N/c1-25-28(26-15-8-9-16-26)20-12-21-29(25)32-19-10-11-22-34(32)36-35-24-23-30(27-13-4-2-5-14-27)31-17-6-3-7-18-33(31)35/h2,4-24,26,36H,3H2,1H3. The van der Waals surface area contributed by atoms with Crippen molar-refractivity contribution in [2.24, 2.45) is 0 Å². The minimum atomic E-state index is 0.350. The summed E-state index contributed by atoms with van der Waals surface area (Å²) in [4.78, 5) is 0. The average Bonchev–Trinajstić information content (AvgIpc) is 3.34. The van der Waals surface area contributed by atoms with E-state index in [-0.39, 0.29) is 0 Å². The lowest BCUT2D eigenvalue weighted by molar-refractivity contribution is 1.08. The zero-order valence-corrected chi connectivity index (χ0v) is 20.5. The van der Waals surface area contributed by atoms with Gasteiger partial charge in [-0.25, -0.2) is 0 Å². The maximum atomic E-state index is 3.81. The summed E-state index contributed by atoms with van der Waals surface area (Å²) < 4.78 is 0. The van der Waals surface area contributed by atoms with Crippen LogP contribution in [0.4, 0.5) is 11.4 Å². The smallest absolute Gasteiger partial charge is 0.0464 e. The molecule has 0 unspecified atom stereocenters. The summed E-state index contributed by atoms with van der Waals surface area (Å²) in [5, 5.41) is 3.81. The van der Waals surface area contributed by atoms with E-state index in [1.165, 1.54) is 44.5 Å². The zero-order chi connectivity index (χ0) is 24.3. The van der Waals surface area contributed by atoms with Gasteiger partial charge in [0.05, 0.1) is 0 Å². The van der Waals surface area contributed by atoms with E-state index in [1.54, 1.807) is 0 Å². The minimum Gasteiger partial charge on any atom is -0.355 e. The summed E-state index contributed by atoms with van der Waals surface area (Å²) in [6, 6.07) is 30.4. The summed E-state index contributed by atoms with van der Waals surface area (Å²) in [5.74, 6) is 0.350. The van der Waals surface area contributed by atoms with E-state index >= 15 is 0 Å². The zero-order valence-electron chi connectivity index (χ0n) is 20.5. The van der Waals surface area contributed by atoms with Crippen molar-refractivity contribution in [3.8, 4) is 22.3 Å². The lowest BCUT2D eigenvalue weighted by atomic mass is 9.89. The van der Waals surface area contributed by atoms with E-state index in [4.69, 9.17) is 0 Å². The summed E-state index contributed by atoms with van der Waals surface area (Å²) in [7, 11) is 0. The molecule has 0 atom stereocenters. The van der Waals surface area contributed by atoms with E-state index in [9.17, 15) is 0 Å². The first kappa shape index (κ1) is 22.1. The predicted octanol–water partition coefficient (Wildman–Crippen LogP) is 9.71. The molecular weight excluding hydrogens is 434 g/mol. The van der Waals surface area contributed by atoms with Crippen LogP contribution >= 0.6 is 0 Å². The second-order valence-corrected chi connectivity index (χ2v) is 9.38. The van der Waals surface area contributed by atoms with Gasteiger partial charge in [0.25, 0.3) is 0 Å². The first-order valence-corrected chi connectivity index (χ1v) is 12.7. The molecule has 0 bridgehead atoms. The summed E-state index contributed by atoms with van der Waals surface area (Å²) in [6.45, 7) is 2.25. The molecule has 4 aromatic rings. The molecule has 1 N–H and O–H groups in total. The van der Waals surface area contributed by atoms with Crippen LogP contribution in [0.25, 0.3) is 34.4 Å². The fraction of sp³-hybridized carbons (Fsp3) is 0.0857. The van der Waals surface area contributed by atoms with Gasteiger partial charge in [-0.05, 0) is 58.9 Å². The largest absolute Gasteiger partial charge is 0.355 e. The second kappa shape index (κ2) is 9.71. The molecule has 2 aliphatic carbocycles. The van der Waals surface area contributed by atoms with Gasteiger partial charge >= 0.3 is 0 Å². The molecule has 6 rings (SSSR count). The van der Waals surface area contributed by atoms with Crippen molar-refractivity contribution in [1.29, 1.82) is 0 Å². The number of allylic oxidation sites excluding steroid dienone is 6. The first-order chi connectivity index (χ1) is 17.8. The number of para-hydroxylation sites is 1. The topological polar surface area (TPSA) is 12.0 Å². The maximum absolute atomic E-state index is 3.81. The Bertz CT molecular complexity index is 1520. The minimum absolute atomic E-state index is 0.350. The molecule has 0 radical (unpaired) electrons. The molecule has 36 heavy (non-hydrogen) atoms. The highest BCUT2D eigenvalue weighted by Crippen LogP contribution is 2.39. The number of benzene rings is 4. The van der Waals surface area contributed by atoms with Crippen molar-refractivity contribution < 1.29 is 0 Å². The summed E-state index contributed by atoms with van der Waals surface area (Å²) in [6.07, 6.45) is 18.8. The summed E-state index contributed by atoms with van der Waals surface area (Å²) >= 11 is 0. The van der Waals surface area contributed by atoms with Crippen LogP contribution in [0.2, 0.25) is 0 Å². The Kier molecular flexibility index (Phi) is 5.97. The van der Waals surface area contributed by atoms with E-state index in [0.29, 0.717) is 5.92 Å². The van der Waals surface area contributed by atoms with Crippen LogP contribution in [-0.2, 0) is 0 Å². The van der Waals surface area contributed by atoms with Crippen LogP contribution in [0.15, 0.2) is 121 Å². The molecular formula is C35H29N. The van der Waals surface area contributed by atoms with Crippen LogP contribution in [-0.4, -0.2) is 0 Å². The fourth-order valence-electron chi connectivity index (χ4n) is 5.34. The molecule has 4 aromatic carbocycles. The third kappa shape index (κ3) is 4.14. The molecule has 174 valence electrons. The molecule has 0 saturated carbocycles. The van der Waals surface area contributed by atoms with Gasteiger partial charge in [0, 0.05) is 28.4 Å². The van der Waals surface area contributed by atoms with Crippen LogP contribution < -0.4 is 5.32 Å². The second-order valence-electron chi connectivity index (χ2n) is 9.38. The number of hydrogen-bond donors (Lipinski definition) is 1. The van der Waals surface area contributed by atoms with Gasteiger partial charge in [-0.3, -0.25) is 0 Å². The lowest BCUT2D eigenvalue weighted by Gasteiger charge is -2.20. The molecule has 1 heteroatoms. The Hall–Kier alpha value is -4.36. The molecule has 0 saturated heterocycles. The van der Waals surface area contributed by atoms with E-state index in [0.717, 1.165) is 17.8 Å². The molecule has 0 fully saturated rings. The predicted molar refractivity (Wildman–Crippen MR) is 155 cm³/mol. The van der Waals surface area contributed by atoms with Crippen LogP contribution in [0.3, 0.4) is 0 Å². The number of nitrogens with one attached hydrogen (secondary N) is 1. The van der Waals surface area contributed by atoms with Gasteiger partial charge in [0.2, 0.25) is 0 Å². The molecule has 2 aliphatic rings. The van der Waals surface area contributed by atoms with Gasteiger partial charge in [-0.2, -0.15) is 0 Å². The van der Waals surface area contributed by atoms with Gasteiger partial charge in [-0.1, -0.05) is 121 Å². The van der Waals surface area contributed by atoms with Crippen molar-refractivity contribution in [3.63, 3.8) is 0 Å². The quantitative estimate of drug-likeness (QED) is 0.310. The third-order valence-corrected chi connectivity index (χ3v) is 7.18. The Morgan fingerprint density at radius 1 is 0.611 bits per heavy atom. The highest BCUT2D eigenvalue weighted by atomic mass is 14.9. The van der Waals surface area contributed by atoms with Crippen LogP contribution in [0, 0.1) is 6.92 Å². The van der Waals surface area contributed by atoms with E-state index in [1.807, 2.05) is 0 Å². The lowest BCUT2D eigenvalue weighted by Crippen LogP contribution is -2.00. The van der Waals surface area contributed by atoms with Crippen molar-refractivity contribution in [2.45, 2.75) is 19.3 Å². The van der Waals surface area contributed by atoms with Crippen molar-refractivity contribution in [2.75, 3.05) is 5.32 Å². The van der Waals surface area contributed by atoms with Crippen molar-refractivity contribution >= 4 is 23.5 Å². The molecule has 0 aliphatic heterocycles. The number of fused-ring (bicyclic) bond motifs is 1. The van der Waals surface area contributed by atoms with Gasteiger partial charge in [-0.15, -0.1) is 0 Å². The molecule has 0 amide bonds. The SMILES string of the molecule is Cc1c(-c2ccccc2Nc2ccc(-c3ccccc3)c3c2C=CCC=C3)cccc1C1C=CC=C1. The van der Waals surface area contributed by atoms with E-state index < -0.39 is 0 Å². The normalized spacial score (nSPS) is 14.1. The van der Waals surface area contributed by atoms with Crippen molar-refractivity contribution in [1.82, 2.24) is 0 Å². The number of anilines is 2. The number of hydrogen-bond acceptors (Lipinski definition) is 1. The van der Waals surface area contributed by atoms with E-state index in [2.05, 4.69) is 146 Å². The molecule has 1 nitrogen and oxygen atoms in total. The van der Waals surface area contributed by atoms with Gasteiger partial charge < -0.3 is 5.32 Å². The third-order valence-electron chi connectivity index (χ3n) is 7.18. The monoisotopic (exact) mass is 463 g/mol. The van der Waals surface area contributed by atoms with Crippen molar-refractivity contribution in [3.05, 3.63) is 144 Å². The average molecular weight is 464 g/mol. The van der Waals surface area contributed by atoms with Crippen LogP contribution in [0.5, 0.6) is 0 Å². The Morgan fingerprint density at radius 2 is 1.33 bits per heavy atom.